The molecule has 0 saturated carbocycles. The molecule has 0 spiro atoms. The van der Waals surface area contributed by atoms with Crippen molar-refractivity contribution in [3.63, 3.8) is 0 Å². The molecule has 2 N–H and O–H groups in total. The van der Waals surface area contributed by atoms with E-state index >= 15 is 0 Å². The van der Waals surface area contributed by atoms with Crippen LogP contribution in [0.2, 0.25) is 0 Å². The number of hydrogen-bond donors (Lipinski definition) is 2. The summed E-state index contributed by atoms with van der Waals surface area (Å²) in [5.74, 6) is -1.85. The number of rotatable bonds is 6. The summed E-state index contributed by atoms with van der Waals surface area (Å²) in [4.78, 5) is 11.7. The normalized spacial score (nSPS) is 13.9. The van der Waals surface area contributed by atoms with Gasteiger partial charge in [-0.3, -0.25) is 4.79 Å². The Hall–Kier alpha value is -1.49. The highest BCUT2D eigenvalue weighted by Gasteiger charge is 2.14. The average Bonchev–Trinajstić information content (AvgIpc) is 2.39. The number of nitrogens with one attached hydrogen (secondary N) is 2. The van der Waals surface area contributed by atoms with Crippen molar-refractivity contribution in [3.8, 4) is 0 Å². The molecule has 5 heteroatoms. The van der Waals surface area contributed by atoms with Crippen molar-refractivity contribution in [2.75, 3.05) is 0 Å². The highest BCUT2D eigenvalue weighted by atomic mass is 19.2. The van der Waals surface area contributed by atoms with Gasteiger partial charge in [0.2, 0.25) is 5.91 Å². The maximum Gasteiger partial charge on any atom is 0.237 e. The zero-order valence-corrected chi connectivity index (χ0v) is 11.5. The summed E-state index contributed by atoms with van der Waals surface area (Å²) < 4.78 is 25.7. The predicted octanol–water partition coefficient (Wildman–Crippen LogP) is 2.36. The highest BCUT2D eigenvalue weighted by molar-refractivity contribution is 5.81. The third-order valence-electron chi connectivity index (χ3n) is 2.99. The van der Waals surface area contributed by atoms with E-state index in [1.54, 1.807) is 6.92 Å². The Morgan fingerprint density at radius 2 is 1.95 bits per heavy atom. The van der Waals surface area contributed by atoms with Crippen LogP contribution in [0.15, 0.2) is 18.2 Å². The zero-order valence-electron chi connectivity index (χ0n) is 11.5. The molecule has 0 heterocycles. The van der Waals surface area contributed by atoms with Crippen LogP contribution in [0, 0.1) is 11.6 Å². The van der Waals surface area contributed by atoms with Crippen LogP contribution < -0.4 is 10.6 Å². The summed E-state index contributed by atoms with van der Waals surface area (Å²) in [6, 6.07) is 3.44. The minimum atomic E-state index is -0.879. The van der Waals surface area contributed by atoms with Gasteiger partial charge < -0.3 is 10.6 Å². The molecule has 3 nitrogen and oxygen atoms in total. The van der Waals surface area contributed by atoms with Gasteiger partial charge in [0.1, 0.15) is 0 Å². The molecule has 0 radical (unpaired) electrons. The minimum absolute atomic E-state index is 0.100. The average molecular weight is 270 g/mol. The Balaban J connectivity index is 2.47. The van der Waals surface area contributed by atoms with E-state index in [0.717, 1.165) is 18.6 Å². The van der Waals surface area contributed by atoms with Gasteiger partial charge in [0.05, 0.1) is 6.04 Å². The van der Waals surface area contributed by atoms with Gasteiger partial charge >= 0.3 is 0 Å². The second-order valence-electron chi connectivity index (χ2n) is 4.67. The molecule has 1 amide bonds. The molecule has 19 heavy (non-hydrogen) atoms. The maximum atomic E-state index is 13.0. The van der Waals surface area contributed by atoms with Crippen molar-refractivity contribution in [2.24, 2.45) is 0 Å². The fraction of sp³-hybridized carbons (Fsp3) is 0.500. The number of carbonyl (C=O) groups is 1. The summed E-state index contributed by atoms with van der Waals surface area (Å²) in [6.07, 6.45) is 0.863. The first-order valence-electron chi connectivity index (χ1n) is 6.41. The Morgan fingerprint density at radius 1 is 1.26 bits per heavy atom. The van der Waals surface area contributed by atoms with Crippen LogP contribution in [0.5, 0.6) is 0 Å². The van der Waals surface area contributed by atoms with Crippen molar-refractivity contribution < 1.29 is 13.6 Å². The lowest BCUT2D eigenvalue weighted by Crippen LogP contribution is -2.45. The lowest BCUT2D eigenvalue weighted by Gasteiger charge is -2.17. The third-order valence-corrected chi connectivity index (χ3v) is 2.99. The number of carbonyl (C=O) groups excluding carboxylic acids is 1. The molecule has 0 aliphatic rings. The SMILES string of the molecule is CCC(C)NC(=O)C(C)NCc1ccc(F)c(F)c1. The molecule has 1 aromatic carbocycles. The van der Waals surface area contributed by atoms with Crippen LogP contribution in [0.1, 0.15) is 32.8 Å². The molecule has 0 saturated heterocycles. The van der Waals surface area contributed by atoms with E-state index in [1.807, 2.05) is 13.8 Å². The number of benzene rings is 1. The van der Waals surface area contributed by atoms with Crippen molar-refractivity contribution in [1.29, 1.82) is 0 Å². The van der Waals surface area contributed by atoms with Crippen molar-refractivity contribution >= 4 is 5.91 Å². The molecule has 106 valence electrons. The molecular formula is C14H20F2N2O. The summed E-state index contributed by atoms with van der Waals surface area (Å²) >= 11 is 0. The molecule has 0 aromatic heterocycles. The number of halogens is 2. The zero-order chi connectivity index (χ0) is 14.4. The third kappa shape index (κ3) is 4.95. The lowest BCUT2D eigenvalue weighted by molar-refractivity contribution is -0.123. The van der Waals surface area contributed by atoms with Crippen LogP contribution >= 0.6 is 0 Å². The van der Waals surface area contributed by atoms with Gasteiger partial charge in [0.15, 0.2) is 11.6 Å². The number of hydrogen-bond acceptors (Lipinski definition) is 2. The Morgan fingerprint density at radius 3 is 2.53 bits per heavy atom. The quantitative estimate of drug-likeness (QED) is 0.833. The topological polar surface area (TPSA) is 41.1 Å². The summed E-state index contributed by atoms with van der Waals surface area (Å²) in [6.45, 7) is 5.97. The van der Waals surface area contributed by atoms with Gasteiger partial charge in [0, 0.05) is 12.6 Å². The summed E-state index contributed by atoms with van der Waals surface area (Å²) in [5, 5.41) is 5.82. The van der Waals surface area contributed by atoms with E-state index in [0.29, 0.717) is 12.1 Å². The fourth-order valence-electron chi connectivity index (χ4n) is 1.48. The maximum absolute atomic E-state index is 13.0. The van der Waals surface area contributed by atoms with Gasteiger partial charge in [0.25, 0.3) is 0 Å². The van der Waals surface area contributed by atoms with E-state index in [-0.39, 0.29) is 18.0 Å². The predicted molar refractivity (Wildman–Crippen MR) is 70.6 cm³/mol. The molecule has 0 aliphatic heterocycles. The van der Waals surface area contributed by atoms with Gasteiger partial charge in [-0.2, -0.15) is 0 Å². The smallest absolute Gasteiger partial charge is 0.237 e. The van der Waals surface area contributed by atoms with Gasteiger partial charge in [-0.05, 0) is 38.0 Å². The molecule has 1 aromatic rings. The van der Waals surface area contributed by atoms with Crippen molar-refractivity contribution in [1.82, 2.24) is 10.6 Å². The van der Waals surface area contributed by atoms with E-state index in [4.69, 9.17) is 0 Å². The Kier molecular flexibility index (Phi) is 5.89. The first kappa shape index (κ1) is 15.6. The summed E-state index contributed by atoms with van der Waals surface area (Å²) in [7, 11) is 0. The summed E-state index contributed by atoms with van der Waals surface area (Å²) in [5.41, 5.74) is 0.599. The highest BCUT2D eigenvalue weighted by Crippen LogP contribution is 2.08. The molecule has 0 aliphatic carbocycles. The lowest BCUT2D eigenvalue weighted by atomic mass is 10.2. The van der Waals surface area contributed by atoms with Crippen LogP contribution in [0.25, 0.3) is 0 Å². The molecule has 1 rings (SSSR count). The first-order valence-corrected chi connectivity index (χ1v) is 6.41. The fourth-order valence-corrected chi connectivity index (χ4v) is 1.48. The van der Waals surface area contributed by atoms with Gasteiger partial charge in [-0.15, -0.1) is 0 Å². The van der Waals surface area contributed by atoms with E-state index in [2.05, 4.69) is 10.6 Å². The molecule has 0 bridgehead atoms. The van der Waals surface area contributed by atoms with Gasteiger partial charge in [-0.25, -0.2) is 8.78 Å². The largest absolute Gasteiger partial charge is 0.352 e. The van der Waals surface area contributed by atoms with Crippen molar-refractivity contribution in [2.45, 2.75) is 45.8 Å². The second-order valence-corrected chi connectivity index (χ2v) is 4.67. The van der Waals surface area contributed by atoms with E-state index in [9.17, 15) is 13.6 Å². The molecule has 2 atom stereocenters. The molecular weight excluding hydrogens is 250 g/mol. The van der Waals surface area contributed by atoms with Crippen molar-refractivity contribution in [3.05, 3.63) is 35.4 Å². The van der Waals surface area contributed by atoms with Crippen LogP contribution in [-0.2, 0) is 11.3 Å². The Labute approximate surface area is 112 Å². The van der Waals surface area contributed by atoms with Gasteiger partial charge in [-0.1, -0.05) is 13.0 Å². The number of amides is 1. The van der Waals surface area contributed by atoms with Crippen LogP contribution in [-0.4, -0.2) is 18.0 Å². The minimum Gasteiger partial charge on any atom is -0.352 e. The molecule has 0 fully saturated rings. The standard InChI is InChI=1S/C14H20F2N2O/c1-4-9(2)18-14(19)10(3)17-8-11-5-6-12(15)13(16)7-11/h5-7,9-10,17H,4,8H2,1-3H3,(H,18,19). The molecule has 2 unspecified atom stereocenters. The van der Waals surface area contributed by atoms with E-state index in [1.165, 1.54) is 6.07 Å². The monoisotopic (exact) mass is 270 g/mol. The second kappa shape index (κ2) is 7.19. The first-order chi connectivity index (χ1) is 8.93. The van der Waals surface area contributed by atoms with E-state index < -0.39 is 11.6 Å². The van der Waals surface area contributed by atoms with Crippen LogP contribution in [0.3, 0.4) is 0 Å². The van der Waals surface area contributed by atoms with Crippen LogP contribution in [0.4, 0.5) is 8.78 Å². The Bertz CT molecular complexity index is 437.